The largest absolute Gasteiger partial charge is 0.436 e. The van der Waals surface area contributed by atoms with E-state index in [1.54, 1.807) is 0 Å². The van der Waals surface area contributed by atoms with Gasteiger partial charge in [0.15, 0.2) is 11.4 Å². The molecule has 2 heterocycles. The first kappa shape index (κ1) is 19.3. The van der Waals surface area contributed by atoms with Gasteiger partial charge in [0.1, 0.15) is 4.60 Å². The van der Waals surface area contributed by atoms with E-state index in [0.29, 0.717) is 15.5 Å². The van der Waals surface area contributed by atoms with Crippen LogP contribution < -0.4 is 5.32 Å². The minimum absolute atomic E-state index is 0.180. The van der Waals surface area contributed by atoms with Crippen LogP contribution in [-0.2, 0) is 12.7 Å². The number of aryl methyl sites for hydroxylation is 1. The molecule has 0 radical (unpaired) electrons. The van der Waals surface area contributed by atoms with Crippen LogP contribution in [0.5, 0.6) is 0 Å². The molecule has 0 aliphatic carbocycles. The van der Waals surface area contributed by atoms with Crippen LogP contribution in [0.4, 0.5) is 13.2 Å². The molecule has 0 fully saturated rings. The number of amides is 1. The number of H-pyrrole nitrogens is 1. The van der Waals surface area contributed by atoms with E-state index in [4.69, 9.17) is 11.6 Å². The van der Waals surface area contributed by atoms with Crippen molar-refractivity contribution in [3.63, 3.8) is 0 Å². The molecule has 24 heavy (non-hydrogen) atoms. The zero-order valence-electron chi connectivity index (χ0n) is 12.1. The van der Waals surface area contributed by atoms with Crippen molar-refractivity contribution in [1.82, 2.24) is 25.3 Å². The lowest BCUT2D eigenvalue weighted by Crippen LogP contribution is -2.26. The van der Waals surface area contributed by atoms with Crippen molar-refractivity contribution in [1.29, 1.82) is 0 Å². The molecule has 0 aromatic carbocycles. The minimum Gasteiger partial charge on any atom is -0.351 e. The van der Waals surface area contributed by atoms with Gasteiger partial charge in [0, 0.05) is 13.1 Å². The van der Waals surface area contributed by atoms with Crippen molar-refractivity contribution in [3.05, 3.63) is 31.2 Å². The molecule has 0 bridgehead atoms. The Morgan fingerprint density at radius 1 is 1.42 bits per heavy atom. The Bertz CT molecular complexity index is 759. The van der Waals surface area contributed by atoms with Gasteiger partial charge < -0.3 is 5.32 Å². The summed E-state index contributed by atoms with van der Waals surface area (Å²) in [7, 11) is 0. The first-order valence-corrected chi connectivity index (χ1v) is 8.57. The van der Waals surface area contributed by atoms with Crippen molar-refractivity contribution in [2.24, 2.45) is 0 Å². The summed E-state index contributed by atoms with van der Waals surface area (Å²) in [6, 6.07) is 0. The third kappa shape index (κ3) is 4.12. The molecule has 2 aromatic heterocycles. The molecule has 2 rings (SSSR count). The Morgan fingerprint density at radius 3 is 2.58 bits per heavy atom. The summed E-state index contributed by atoms with van der Waals surface area (Å²) in [5, 5.41) is 12.1. The number of aromatic nitrogens is 4. The second kappa shape index (κ2) is 7.44. The SMILES string of the molecule is Cc1c(Cl)c(C(F)(F)F)nn1CCCNC(=O)c1n[nH]c(Br)c1Br. The molecular formula is C12H11Br2ClF3N5O. The summed E-state index contributed by atoms with van der Waals surface area (Å²) in [6.07, 6.45) is -4.22. The lowest BCUT2D eigenvalue weighted by Gasteiger charge is -2.06. The normalized spacial score (nSPS) is 11.8. The summed E-state index contributed by atoms with van der Waals surface area (Å²) in [5.41, 5.74) is -0.690. The average Bonchev–Trinajstić information content (AvgIpc) is 2.97. The van der Waals surface area contributed by atoms with Gasteiger partial charge in [-0.25, -0.2) is 0 Å². The van der Waals surface area contributed by atoms with Crippen molar-refractivity contribution in [2.45, 2.75) is 26.1 Å². The number of hydrogen-bond donors (Lipinski definition) is 2. The van der Waals surface area contributed by atoms with E-state index in [0.717, 1.165) is 0 Å². The maximum absolute atomic E-state index is 12.7. The van der Waals surface area contributed by atoms with E-state index in [1.807, 2.05) is 0 Å². The van der Waals surface area contributed by atoms with Gasteiger partial charge in [0.25, 0.3) is 5.91 Å². The Hall–Kier alpha value is -1.07. The van der Waals surface area contributed by atoms with Gasteiger partial charge in [-0.1, -0.05) is 11.6 Å². The smallest absolute Gasteiger partial charge is 0.351 e. The Kier molecular flexibility index (Phi) is 5.97. The van der Waals surface area contributed by atoms with Gasteiger partial charge in [-0.05, 0) is 45.2 Å². The molecule has 12 heteroatoms. The quantitative estimate of drug-likeness (QED) is 0.620. The number of nitrogens with one attached hydrogen (secondary N) is 2. The highest BCUT2D eigenvalue weighted by Gasteiger charge is 2.38. The summed E-state index contributed by atoms with van der Waals surface area (Å²) in [6.45, 7) is 1.89. The fraction of sp³-hybridized carbons (Fsp3) is 0.417. The first-order valence-electron chi connectivity index (χ1n) is 6.60. The van der Waals surface area contributed by atoms with Crippen LogP contribution in [0.25, 0.3) is 0 Å². The highest BCUT2D eigenvalue weighted by Crippen LogP contribution is 2.35. The molecule has 0 saturated carbocycles. The van der Waals surface area contributed by atoms with Crippen LogP contribution in [-0.4, -0.2) is 32.4 Å². The summed E-state index contributed by atoms with van der Waals surface area (Å²) in [5.74, 6) is -0.407. The Morgan fingerprint density at radius 2 is 2.08 bits per heavy atom. The fourth-order valence-electron chi connectivity index (χ4n) is 1.90. The number of hydrogen-bond acceptors (Lipinski definition) is 3. The fourth-order valence-corrected chi connectivity index (χ4v) is 2.77. The van der Waals surface area contributed by atoms with Crippen LogP contribution in [0.3, 0.4) is 0 Å². The summed E-state index contributed by atoms with van der Waals surface area (Å²) >= 11 is 12.0. The Balaban J connectivity index is 1.91. The van der Waals surface area contributed by atoms with Gasteiger partial charge >= 0.3 is 6.18 Å². The molecule has 0 aliphatic rings. The molecule has 6 nitrogen and oxygen atoms in total. The molecule has 0 atom stereocenters. The number of carbonyl (C=O) groups is 1. The molecule has 2 aromatic rings. The van der Waals surface area contributed by atoms with Crippen molar-refractivity contribution >= 4 is 49.4 Å². The maximum Gasteiger partial charge on any atom is 0.436 e. The molecule has 132 valence electrons. The molecule has 0 spiro atoms. The predicted octanol–water partition coefficient (Wildman–Crippen LogP) is 3.93. The van der Waals surface area contributed by atoms with Gasteiger partial charge in [0.05, 0.1) is 15.2 Å². The van der Waals surface area contributed by atoms with E-state index >= 15 is 0 Å². The van der Waals surface area contributed by atoms with Crippen LogP contribution in [0.2, 0.25) is 5.02 Å². The van der Waals surface area contributed by atoms with E-state index < -0.39 is 22.8 Å². The van der Waals surface area contributed by atoms with Crippen LogP contribution in [0, 0.1) is 6.92 Å². The average molecular weight is 494 g/mol. The van der Waals surface area contributed by atoms with Crippen molar-refractivity contribution in [3.8, 4) is 0 Å². The van der Waals surface area contributed by atoms with Crippen LogP contribution in [0.15, 0.2) is 9.08 Å². The molecule has 0 unspecified atom stereocenters. The summed E-state index contributed by atoms with van der Waals surface area (Å²) in [4.78, 5) is 11.9. The third-order valence-electron chi connectivity index (χ3n) is 3.12. The van der Waals surface area contributed by atoms with Gasteiger partial charge in [0.2, 0.25) is 0 Å². The van der Waals surface area contributed by atoms with Crippen molar-refractivity contribution < 1.29 is 18.0 Å². The number of aromatic amines is 1. The zero-order chi connectivity index (χ0) is 18.1. The lowest BCUT2D eigenvalue weighted by atomic mass is 10.3. The molecule has 0 saturated heterocycles. The highest BCUT2D eigenvalue weighted by atomic mass is 79.9. The molecule has 0 aliphatic heterocycles. The van der Waals surface area contributed by atoms with E-state index in [9.17, 15) is 18.0 Å². The number of nitrogens with zero attached hydrogens (tertiary/aromatic N) is 3. The monoisotopic (exact) mass is 491 g/mol. The van der Waals surface area contributed by atoms with Gasteiger partial charge in [-0.15, -0.1) is 0 Å². The molecule has 1 amide bonds. The van der Waals surface area contributed by atoms with Crippen LogP contribution in [0.1, 0.15) is 28.3 Å². The van der Waals surface area contributed by atoms with E-state index in [1.165, 1.54) is 11.6 Å². The molecule has 2 N–H and O–H groups in total. The maximum atomic E-state index is 12.7. The topological polar surface area (TPSA) is 75.6 Å². The Labute approximate surface area is 156 Å². The number of rotatable bonds is 5. The predicted molar refractivity (Wildman–Crippen MR) is 87.9 cm³/mol. The van der Waals surface area contributed by atoms with E-state index in [2.05, 4.69) is 52.5 Å². The van der Waals surface area contributed by atoms with Gasteiger partial charge in [-0.2, -0.15) is 23.4 Å². The highest BCUT2D eigenvalue weighted by molar-refractivity contribution is 9.13. The van der Waals surface area contributed by atoms with Gasteiger partial charge in [-0.3, -0.25) is 14.6 Å². The number of alkyl halides is 3. The summed E-state index contributed by atoms with van der Waals surface area (Å²) < 4.78 is 40.4. The number of halogens is 6. The standard InChI is InChI=1S/C12H11Br2ClF3N5O/c1-5-7(15)9(12(16,17)18)22-23(5)4-2-3-19-11(24)8-6(13)10(14)21-20-8/h2-4H2,1H3,(H,19,24)(H,20,21). The van der Waals surface area contributed by atoms with Crippen LogP contribution >= 0.6 is 43.5 Å². The second-order valence-corrected chi connectivity index (χ2v) is 6.74. The number of carbonyl (C=O) groups excluding carboxylic acids is 1. The second-order valence-electron chi connectivity index (χ2n) is 4.78. The first-order chi connectivity index (χ1) is 11.1. The van der Waals surface area contributed by atoms with E-state index in [-0.39, 0.29) is 24.5 Å². The minimum atomic E-state index is -4.60. The lowest BCUT2D eigenvalue weighted by molar-refractivity contribution is -0.141. The molecular weight excluding hydrogens is 482 g/mol. The zero-order valence-corrected chi connectivity index (χ0v) is 16.1. The van der Waals surface area contributed by atoms with Crippen molar-refractivity contribution in [2.75, 3.05) is 6.54 Å². The third-order valence-corrected chi connectivity index (χ3v) is 5.45.